The van der Waals surface area contributed by atoms with Gasteiger partial charge in [-0.15, -0.1) is 0 Å². The third kappa shape index (κ3) is 17.7. The van der Waals surface area contributed by atoms with Gasteiger partial charge < -0.3 is 76.3 Å². The van der Waals surface area contributed by atoms with Crippen LogP contribution in [-0.2, 0) is 44.3 Å². The average molecular weight is 1230 g/mol. The van der Waals surface area contributed by atoms with E-state index in [-0.39, 0.29) is 23.4 Å². The molecule has 14 atom stereocenters. The number of nitrogens with zero attached hydrogens (tertiary/aromatic N) is 2. The monoisotopic (exact) mass is 1230 g/mol. The van der Waals surface area contributed by atoms with Crippen molar-refractivity contribution in [3.8, 4) is 33.8 Å². The fraction of sp³-hybridized carbons (Fsp3) is 0.492. The molecule has 87 heavy (non-hydrogen) atoms. The minimum absolute atomic E-state index is 0.0741. The van der Waals surface area contributed by atoms with Gasteiger partial charge in [-0.1, -0.05) is 87.4 Å². The minimum atomic E-state index is -4.55. The molecule has 1 unspecified atom stereocenters. The van der Waals surface area contributed by atoms with Gasteiger partial charge >= 0.3 is 7.82 Å². The number of fused-ring (bicyclic) bond motifs is 2. The molecule has 0 aliphatic carbocycles. The number of carbonyl (C=O) groups excluding carboxylic acids is 7. The van der Waals surface area contributed by atoms with Crippen molar-refractivity contribution in [3.05, 3.63) is 108 Å². The van der Waals surface area contributed by atoms with Gasteiger partial charge in [-0.3, -0.25) is 43.0 Å². The lowest BCUT2D eigenvalue weighted by Gasteiger charge is -2.33. The van der Waals surface area contributed by atoms with Gasteiger partial charge in [0.25, 0.3) is 5.91 Å². The highest BCUT2D eigenvalue weighted by atomic mass is 31.2. The Bertz CT molecular complexity index is 3080. The second-order valence-corrected chi connectivity index (χ2v) is 24.1. The summed E-state index contributed by atoms with van der Waals surface area (Å²) >= 11 is 0. The summed E-state index contributed by atoms with van der Waals surface area (Å²) in [5, 5.41) is 80.1. The van der Waals surface area contributed by atoms with Crippen molar-refractivity contribution in [1.82, 2.24) is 36.4 Å². The average Bonchev–Trinajstić information content (AvgIpc) is 1.89. The summed E-state index contributed by atoms with van der Waals surface area (Å²) in [5.41, 5.74) is 3.88. The van der Waals surface area contributed by atoms with Crippen molar-refractivity contribution in [2.75, 3.05) is 26.2 Å². The van der Waals surface area contributed by atoms with Gasteiger partial charge in [0.15, 0.2) is 0 Å². The standard InChI is InChI=1S/C61H80N7O18P/c1-7-8-9-26-84-45-24-20-41(21-25-45)39-14-12-38(13-15-39)40-16-18-42(19-17-40)55(75)63-47-28-43(71)30-62-59(79)53-54(74)34(4)31-68(53)61(81)51(36(6)70)65-58(78)52(49(73)27-37-10-22-46(23-11-37)86-87(82,83)85-33(2)3)66-57(77)48-29-44(72)32-67(48)60(80)50(35(5)69)64-56(47)76/h10-25,33-36,43-44,47-54,69-74H,7-9,26-32H2,1-6H3,(H,62,79)(H,63,75)(H,64,76)(H,65,78)(H,66,77)(H,82,83)/t34-,35+,36+,43+,44+,47-,48-,49+,50-,51-,52-,53-,54-/m0/s1. The molecule has 3 fully saturated rings. The van der Waals surface area contributed by atoms with Crippen molar-refractivity contribution >= 4 is 49.2 Å². The Balaban J connectivity index is 1.15. The molecular formula is C61H80N7O18P. The number of phosphoric acid groups is 1. The summed E-state index contributed by atoms with van der Waals surface area (Å²) < 4.78 is 28.4. The number of ether oxygens (including phenoxy) is 1. The van der Waals surface area contributed by atoms with Crippen LogP contribution in [0.3, 0.4) is 0 Å². The summed E-state index contributed by atoms with van der Waals surface area (Å²) in [5.74, 6) is -7.56. The fourth-order valence-corrected chi connectivity index (χ4v) is 11.6. The van der Waals surface area contributed by atoms with E-state index in [0.717, 1.165) is 70.9 Å². The van der Waals surface area contributed by atoms with Crippen LogP contribution in [0.25, 0.3) is 22.3 Å². The van der Waals surface area contributed by atoms with Crippen molar-refractivity contribution in [2.24, 2.45) is 5.92 Å². The van der Waals surface area contributed by atoms with Gasteiger partial charge in [-0.25, -0.2) is 4.57 Å². The molecule has 0 saturated carbocycles. The zero-order valence-electron chi connectivity index (χ0n) is 49.4. The lowest BCUT2D eigenvalue weighted by Crippen LogP contribution is -2.64. The number of β-amino-alcohol motifs (C(OH)–C–C–N with tert-alkyl or cyclic N) is 1. The van der Waals surface area contributed by atoms with E-state index in [2.05, 4.69) is 33.5 Å². The molecule has 7 rings (SSSR count). The van der Waals surface area contributed by atoms with Crippen LogP contribution in [0, 0.1) is 5.92 Å². The maximum absolute atomic E-state index is 14.6. The predicted octanol–water partition coefficient (Wildman–Crippen LogP) is 1.46. The number of amides is 7. The molecule has 0 bridgehead atoms. The Morgan fingerprint density at radius 1 is 0.655 bits per heavy atom. The minimum Gasteiger partial charge on any atom is -0.494 e. The van der Waals surface area contributed by atoms with E-state index in [0.29, 0.717) is 6.61 Å². The Kier molecular flexibility index (Phi) is 23.2. The maximum Gasteiger partial charge on any atom is 0.527 e. The predicted molar refractivity (Wildman–Crippen MR) is 316 cm³/mol. The van der Waals surface area contributed by atoms with Crippen LogP contribution in [0.1, 0.15) is 89.6 Å². The summed E-state index contributed by atoms with van der Waals surface area (Å²) in [4.78, 5) is 112. The highest BCUT2D eigenvalue weighted by Gasteiger charge is 2.49. The summed E-state index contributed by atoms with van der Waals surface area (Å²) in [7, 11) is -4.55. The summed E-state index contributed by atoms with van der Waals surface area (Å²) in [6, 6.07) is 16.5. The molecule has 0 spiro atoms. The second-order valence-electron chi connectivity index (χ2n) is 22.8. The molecule has 7 amide bonds. The fourth-order valence-electron chi connectivity index (χ4n) is 10.6. The van der Waals surface area contributed by atoms with Crippen LogP contribution in [-0.4, -0.2) is 192 Å². The Labute approximate surface area is 504 Å². The van der Waals surface area contributed by atoms with Crippen molar-refractivity contribution < 1.29 is 87.4 Å². The number of carbonyl (C=O) groups is 7. The van der Waals surface area contributed by atoms with Gasteiger partial charge in [-0.05, 0) is 98.3 Å². The van der Waals surface area contributed by atoms with E-state index < -0.39 is 166 Å². The lowest BCUT2D eigenvalue weighted by molar-refractivity contribution is -0.147. The number of rotatable bonds is 18. The van der Waals surface area contributed by atoms with E-state index >= 15 is 0 Å². The third-order valence-corrected chi connectivity index (χ3v) is 16.5. The lowest BCUT2D eigenvalue weighted by atomic mass is 9.99. The number of aliphatic hydroxyl groups excluding tert-OH is 6. The zero-order valence-corrected chi connectivity index (χ0v) is 50.2. The van der Waals surface area contributed by atoms with Crippen LogP contribution < -0.4 is 35.8 Å². The molecule has 26 heteroatoms. The van der Waals surface area contributed by atoms with Crippen LogP contribution in [0.4, 0.5) is 0 Å². The van der Waals surface area contributed by atoms with E-state index in [1.807, 2.05) is 48.5 Å². The first-order valence-electron chi connectivity index (χ1n) is 29.2. The second kappa shape index (κ2) is 30.1. The smallest absolute Gasteiger partial charge is 0.494 e. The topological polar surface area (TPSA) is 372 Å². The van der Waals surface area contributed by atoms with Gasteiger partial charge in [-0.2, -0.15) is 0 Å². The molecule has 12 N–H and O–H groups in total. The number of hydrogen-bond donors (Lipinski definition) is 12. The number of benzene rings is 4. The molecule has 0 radical (unpaired) electrons. The van der Waals surface area contributed by atoms with Gasteiger partial charge in [0, 0.05) is 50.4 Å². The SMILES string of the molecule is CCCCCOc1ccc(-c2ccc(-c3ccc(C(=O)N[C@H]4C[C@@H](O)CNC(=O)[C@@H]5[C@@H](O)[C@@H](C)CN5C(=O)[C@H]([C@@H](C)O)NC(=O)[C@H]([C@H](O)Cc5ccc(OP(=O)(O)OC(C)C)cc5)NC(=O)[C@@H]5C[C@@H](O)CN5C(=O)[C@H]([C@@H](C)O)NC4=O)cc3)cc2)cc1. The molecular weight excluding hydrogens is 1150 g/mol. The van der Waals surface area contributed by atoms with Crippen molar-refractivity contribution in [1.29, 1.82) is 0 Å². The largest absolute Gasteiger partial charge is 0.527 e. The van der Waals surface area contributed by atoms with Crippen molar-refractivity contribution in [2.45, 2.75) is 159 Å². The molecule has 4 aromatic rings. The highest BCUT2D eigenvalue weighted by molar-refractivity contribution is 7.47. The first kappa shape index (κ1) is 67.2. The molecule has 3 heterocycles. The Morgan fingerprint density at radius 2 is 1.18 bits per heavy atom. The molecule has 3 aliphatic rings. The van der Waals surface area contributed by atoms with Gasteiger partial charge in [0.05, 0.1) is 49.3 Å². The molecule has 25 nitrogen and oxygen atoms in total. The van der Waals surface area contributed by atoms with Crippen LogP contribution in [0.15, 0.2) is 97.1 Å². The van der Waals surface area contributed by atoms with E-state index in [9.17, 15) is 73.7 Å². The zero-order chi connectivity index (χ0) is 63.4. The van der Waals surface area contributed by atoms with Crippen LogP contribution >= 0.6 is 7.82 Å². The van der Waals surface area contributed by atoms with Crippen LogP contribution in [0.5, 0.6) is 11.5 Å². The summed E-state index contributed by atoms with van der Waals surface area (Å²) in [6.07, 6.45) is -8.90. The number of phosphoric ester groups is 1. The quantitative estimate of drug-likeness (QED) is 0.0496. The molecule has 4 aromatic carbocycles. The first-order chi connectivity index (χ1) is 41.2. The van der Waals surface area contributed by atoms with E-state index in [1.165, 1.54) is 57.2 Å². The van der Waals surface area contributed by atoms with Crippen LogP contribution in [0.2, 0.25) is 0 Å². The molecule has 0 aromatic heterocycles. The number of hydrogen-bond acceptors (Lipinski definition) is 17. The summed E-state index contributed by atoms with van der Waals surface area (Å²) in [6.45, 7) is 8.22. The van der Waals surface area contributed by atoms with Gasteiger partial charge in [0.2, 0.25) is 35.4 Å². The Hall–Kier alpha value is -7.32. The van der Waals surface area contributed by atoms with Gasteiger partial charge in [0.1, 0.15) is 47.8 Å². The molecule has 3 saturated heterocycles. The number of nitrogens with one attached hydrogen (secondary N) is 5. The van der Waals surface area contributed by atoms with E-state index in [4.69, 9.17) is 13.8 Å². The Morgan fingerprint density at radius 3 is 1.75 bits per heavy atom. The maximum atomic E-state index is 14.6. The number of aliphatic hydroxyl groups is 6. The molecule has 3 aliphatic heterocycles. The highest BCUT2D eigenvalue weighted by Crippen LogP contribution is 2.45. The van der Waals surface area contributed by atoms with E-state index in [1.54, 1.807) is 12.1 Å². The van der Waals surface area contributed by atoms with Crippen molar-refractivity contribution in [3.63, 3.8) is 0 Å². The first-order valence-corrected chi connectivity index (χ1v) is 30.7. The number of unbranched alkanes of at least 4 members (excludes halogenated alkanes) is 2. The third-order valence-electron chi connectivity index (χ3n) is 15.3. The molecule has 472 valence electrons. The normalized spacial score (nSPS) is 26.2.